The molecule has 0 spiro atoms. The van der Waals surface area contributed by atoms with Crippen LogP contribution in [0.1, 0.15) is 23.2 Å². The quantitative estimate of drug-likeness (QED) is 0.663. The van der Waals surface area contributed by atoms with E-state index in [1.54, 1.807) is 0 Å². The number of aliphatic hydroxyl groups is 1. The number of aliphatic hydroxyl groups excluding tert-OH is 1. The molecule has 1 heterocycles. The molecule has 0 bridgehead atoms. The maximum absolute atomic E-state index is 12.3. The molecule has 1 fully saturated rings. The lowest BCUT2D eigenvalue weighted by atomic mass is 10.1. The molecular formula is C12H13ClN2O4. The van der Waals surface area contributed by atoms with Crippen LogP contribution in [0.2, 0.25) is 5.02 Å². The minimum Gasteiger partial charge on any atom is -0.393 e. The molecule has 0 saturated carbocycles. The van der Waals surface area contributed by atoms with Crippen LogP contribution in [0.5, 0.6) is 0 Å². The summed E-state index contributed by atoms with van der Waals surface area (Å²) in [5.41, 5.74) is -0.367. The molecule has 6 nitrogen and oxygen atoms in total. The number of piperidine rings is 1. The van der Waals surface area contributed by atoms with Crippen LogP contribution < -0.4 is 0 Å². The Morgan fingerprint density at radius 3 is 2.63 bits per heavy atom. The van der Waals surface area contributed by atoms with E-state index in [2.05, 4.69) is 0 Å². The second-order valence-corrected chi connectivity index (χ2v) is 4.82. The Bertz CT molecular complexity index is 512. The van der Waals surface area contributed by atoms with Crippen molar-refractivity contribution in [3.05, 3.63) is 38.9 Å². The minimum atomic E-state index is -0.644. The number of hydrogen-bond donors (Lipinski definition) is 1. The lowest BCUT2D eigenvalue weighted by Gasteiger charge is -2.29. The molecule has 1 saturated heterocycles. The summed E-state index contributed by atoms with van der Waals surface area (Å²) < 4.78 is 0. The highest BCUT2D eigenvalue weighted by molar-refractivity contribution is 6.33. The molecular weight excluding hydrogens is 272 g/mol. The Balaban J connectivity index is 2.29. The van der Waals surface area contributed by atoms with Gasteiger partial charge in [-0.1, -0.05) is 17.7 Å². The van der Waals surface area contributed by atoms with Gasteiger partial charge < -0.3 is 10.0 Å². The van der Waals surface area contributed by atoms with Crippen molar-refractivity contribution < 1.29 is 14.8 Å². The number of likely N-dealkylation sites (tertiary alicyclic amines) is 1. The highest BCUT2D eigenvalue weighted by Crippen LogP contribution is 2.29. The maximum atomic E-state index is 12.3. The van der Waals surface area contributed by atoms with E-state index < -0.39 is 16.9 Å². The largest absolute Gasteiger partial charge is 0.393 e. The molecule has 1 aliphatic heterocycles. The maximum Gasteiger partial charge on any atom is 0.300 e. The number of carbonyl (C=O) groups excluding carboxylic acids is 1. The van der Waals surface area contributed by atoms with Gasteiger partial charge in [0.05, 0.1) is 11.0 Å². The fourth-order valence-corrected chi connectivity index (χ4v) is 2.36. The Morgan fingerprint density at radius 2 is 2.05 bits per heavy atom. The number of carbonyl (C=O) groups is 1. The molecule has 19 heavy (non-hydrogen) atoms. The van der Waals surface area contributed by atoms with Crippen LogP contribution in [0.3, 0.4) is 0 Å². The van der Waals surface area contributed by atoms with E-state index in [1.165, 1.54) is 23.1 Å². The van der Waals surface area contributed by atoms with Gasteiger partial charge in [0.1, 0.15) is 10.6 Å². The number of nitro groups is 1. The van der Waals surface area contributed by atoms with Gasteiger partial charge in [0.25, 0.3) is 5.91 Å². The number of nitrogens with zero attached hydrogens (tertiary/aromatic N) is 2. The molecule has 0 aliphatic carbocycles. The summed E-state index contributed by atoms with van der Waals surface area (Å²) in [5, 5.41) is 20.3. The fourth-order valence-electron chi connectivity index (χ4n) is 2.11. The summed E-state index contributed by atoms with van der Waals surface area (Å²) >= 11 is 5.78. The number of hydrogen-bond acceptors (Lipinski definition) is 4. The lowest BCUT2D eigenvalue weighted by Crippen LogP contribution is -2.40. The lowest BCUT2D eigenvalue weighted by molar-refractivity contribution is -0.385. The topological polar surface area (TPSA) is 83.7 Å². The van der Waals surface area contributed by atoms with Crippen molar-refractivity contribution in [1.29, 1.82) is 0 Å². The van der Waals surface area contributed by atoms with E-state index in [0.29, 0.717) is 25.9 Å². The highest BCUT2D eigenvalue weighted by Gasteiger charge is 2.29. The Labute approximate surface area is 114 Å². The van der Waals surface area contributed by atoms with Crippen molar-refractivity contribution in [1.82, 2.24) is 4.90 Å². The third-order valence-electron chi connectivity index (χ3n) is 3.15. The second kappa shape index (κ2) is 5.54. The molecule has 1 aromatic rings. The van der Waals surface area contributed by atoms with E-state index >= 15 is 0 Å². The summed E-state index contributed by atoms with van der Waals surface area (Å²) in [6.45, 7) is 0.785. The number of benzene rings is 1. The zero-order valence-corrected chi connectivity index (χ0v) is 10.8. The van der Waals surface area contributed by atoms with Crippen LogP contribution in [0.25, 0.3) is 0 Å². The summed E-state index contributed by atoms with van der Waals surface area (Å²) in [6.07, 6.45) is 0.568. The molecule has 102 valence electrons. The average Bonchev–Trinajstić information content (AvgIpc) is 2.38. The van der Waals surface area contributed by atoms with Crippen molar-refractivity contribution in [2.45, 2.75) is 18.9 Å². The van der Waals surface area contributed by atoms with Crippen molar-refractivity contribution in [2.75, 3.05) is 13.1 Å². The first-order chi connectivity index (χ1) is 9.00. The average molecular weight is 285 g/mol. The van der Waals surface area contributed by atoms with Crippen LogP contribution >= 0.6 is 11.6 Å². The summed E-state index contributed by atoms with van der Waals surface area (Å²) in [4.78, 5) is 24.1. The Morgan fingerprint density at radius 1 is 1.42 bits per heavy atom. The smallest absolute Gasteiger partial charge is 0.300 e. The Kier molecular flexibility index (Phi) is 4.01. The standard InChI is InChI=1S/C12H13ClN2O4/c13-10-3-1-2-9(11(10)15(18)19)12(17)14-6-4-8(16)5-7-14/h1-3,8,16H,4-7H2. The van der Waals surface area contributed by atoms with Crippen LogP contribution in [0.4, 0.5) is 5.69 Å². The first-order valence-corrected chi connectivity index (χ1v) is 6.28. The van der Waals surface area contributed by atoms with Gasteiger partial charge in [0.15, 0.2) is 0 Å². The highest BCUT2D eigenvalue weighted by atomic mass is 35.5. The number of halogens is 1. The van der Waals surface area contributed by atoms with Crippen LogP contribution in [0.15, 0.2) is 18.2 Å². The van der Waals surface area contributed by atoms with E-state index in [0.717, 1.165) is 0 Å². The van der Waals surface area contributed by atoms with Gasteiger partial charge in [0, 0.05) is 13.1 Å². The van der Waals surface area contributed by atoms with Crippen molar-refractivity contribution >= 4 is 23.2 Å². The van der Waals surface area contributed by atoms with Gasteiger partial charge >= 0.3 is 5.69 Å². The number of nitro benzene ring substituents is 1. The fraction of sp³-hybridized carbons (Fsp3) is 0.417. The monoisotopic (exact) mass is 284 g/mol. The SMILES string of the molecule is O=C(c1cccc(Cl)c1[N+](=O)[O-])N1CCC(O)CC1. The van der Waals surface area contributed by atoms with Crippen molar-refractivity contribution in [3.63, 3.8) is 0 Å². The van der Waals surface area contributed by atoms with Gasteiger partial charge in [0.2, 0.25) is 0 Å². The van der Waals surface area contributed by atoms with E-state index in [4.69, 9.17) is 11.6 Å². The zero-order chi connectivity index (χ0) is 14.0. The summed E-state index contributed by atoms with van der Waals surface area (Å²) in [5.74, 6) is -0.416. The molecule has 2 rings (SSSR count). The van der Waals surface area contributed by atoms with Gasteiger partial charge in [-0.3, -0.25) is 14.9 Å². The third kappa shape index (κ3) is 2.85. The summed E-state index contributed by atoms with van der Waals surface area (Å²) in [6, 6.07) is 4.30. The third-order valence-corrected chi connectivity index (χ3v) is 3.46. The van der Waals surface area contributed by atoms with E-state index in [9.17, 15) is 20.0 Å². The van der Waals surface area contributed by atoms with Crippen LogP contribution in [-0.2, 0) is 0 Å². The molecule has 1 N–H and O–H groups in total. The van der Waals surface area contributed by atoms with Crippen LogP contribution in [0, 0.1) is 10.1 Å². The van der Waals surface area contributed by atoms with Crippen LogP contribution in [-0.4, -0.2) is 40.0 Å². The normalized spacial score (nSPS) is 16.4. The molecule has 1 aliphatic rings. The predicted molar refractivity (Wildman–Crippen MR) is 69.3 cm³/mol. The zero-order valence-electron chi connectivity index (χ0n) is 10.1. The molecule has 0 atom stereocenters. The molecule has 7 heteroatoms. The van der Waals surface area contributed by atoms with Gasteiger partial charge in [-0.15, -0.1) is 0 Å². The summed E-state index contributed by atoms with van der Waals surface area (Å²) in [7, 11) is 0. The molecule has 1 amide bonds. The molecule has 0 unspecified atom stereocenters. The van der Waals surface area contributed by atoms with Crippen molar-refractivity contribution in [3.8, 4) is 0 Å². The van der Waals surface area contributed by atoms with Crippen molar-refractivity contribution in [2.24, 2.45) is 0 Å². The molecule has 0 radical (unpaired) electrons. The van der Waals surface area contributed by atoms with Gasteiger partial charge in [-0.25, -0.2) is 0 Å². The number of rotatable bonds is 2. The predicted octanol–water partition coefficient (Wildman–Crippen LogP) is 1.85. The van der Waals surface area contributed by atoms with Gasteiger partial charge in [-0.2, -0.15) is 0 Å². The minimum absolute atomic E-state index is 0.00566. The van der Waals surface area contributed by atoms with Gasteiger partial charge in [-0.05, 0) is 25.0 Å². The first-order valence-electron chi connectivity index (χ1n) is 5.91. The first kappa shape index (κ1) is 13.8. The molecule has 1 aromatic carbocycles. The van der Waals surface area contributed by atoms with E-state index in [-0.39, 0.29) is 16.3 Å². The Hall–Kier alpha value is -1.66. The number of amides is 1. The molecule has 0 aromatic heterocycles. The number of para-hydroxylation sites is 1. The van der Waals surface area contributed by atoms with E-state index in [1.807, 2.05) is 0 Å². The second-order valence-electron chi connectivity index (χ2n) is 4.42.